The highest BCUT2D eigenvalue weighted by atomic mass is 35.5. The van der Waals surface area contributed by atoms with E-state index in [0.29, 0.717) is 6.04 Å². The van der Waals surface area contributed by atoms with E-state index in [0.717, 1.165) is 31.4 Å². The van der Waals surface area contributed by atoms with Crippen LogP contribution < -0.4 is 5.32 Å². The molecule has 1 aliphatic carbocycles. The highest BCUT2D eigenvalue weighted by Gasteiger charge is 2.35. The van der Waals surface area contributed by atoms with Crippen LogP contribution in [0.15, 0.2) is 18.2 Å². The second kappa shape index (κ2) is 5.58. The molecule has 0 radical (unpaired) electrons. The van der Waals surface area contributed by atoms with Gasteiger partial charge in [-0.2, -0.15) is 0 Å². The molecule has 1 nitrogen and oxygen atoms in total. The molecule has 100 valence electrons. The monoisotopic (exact) mass is 269 g/mol. The Labute approximate surface area is 114 Å². The van der Waals surface area contributed by atoms with Crippen molar-refractivity contribution in [3.63, 3.8) is 0 Å². The fourth-order valence-electron chi connectivity index (χ4n) is 3.09. The molecule has 1 fully saturated rings. The minimum absolute atomic E-state index is 0.193. The average Bonchev–Trinajstić information content (AvgIpc) is 2.68. The van der Waals surface area contributed by atoms with Crippen LogP contribution in [0.25, 0.3) is 0 Å². The first kappa shape index (κ1) is 13.8. The van der Waals surface area contributed by atoms with Crippen molar-refractivity contribution in [1.29, 1.82) is 0 Å². The smallest absolute Gasteiger partial charge is 0.144 e. The van der Waals surface area contributed by atoms with Crippen LogP contribution in [0, 0.1) is 11.2 Å². The molecule has 2 rings (SSSR count). The molecule has 2 unspecified atom stereocenters. The molecule has 1 aromatic carbocycles. The Morgan fingerprint density at radius 3 is 3.00 bits per heavy atom. The lowest BCUT2D eigenvalue weighted by Gasteiger charge is -2.25. The summed E-state index contributed by atoms with van der Waals surface area (Å²) in [6.45, 7) is 5.39. The fourth-order valence-corrected chi connectivity index (χ4v) is 3.28. The van der Waals surface area contributed by atoms with Gasteiger partial charge in [-0.25, -0.2) is 4.39 Å². The minimum Gasteiger partial charge on any atom is -0.314 e. The number of rotatable bonds is 4. The van der Waals surface area contributed by atoms with E-state index in [1.807, 2.05) is 12.1 Å². The number of hydrogen-bond acceptors (Lipinski definition) is 1. The number of hydrogen-bond donors (Lipinski definition) is 1. The van der Waals surface area contributed by atoms with Gasteiger partial charge in [-0.05, 0) is 49.3 Å². The Hall–Kier alpha value is -0.600. The second-order valence-electron chi connectivity index (χ2n) is 5.70. The lowest BCUT2D eigenvalue weighted by Crippen LogP contribution is -2.28. The zero-order valence-corrected chi connectivity index (χ0v) is 11.9. The maximum Gasteiger partial charge on any atom is 0.144 e. The van der Waals surface area contributed by atoms with Gasteiger partial charge in [0, 0.05) is 6.04 Å². The SMILES string of the molecule is CCNC1CCC(C)(Cc2cccc(Cl)c2F)C1. The molecular formula is C15H21ClFN. The van der Waals surface area contributed by atoms with Crippen LogP contribution in [0.4, 0.5) is 4.39 Å². The van der Waals surface area contributed by atoms with E-state index in [-0.39, 0.29) is 16.3 Å². The van der Waals surface area contributed by atoms with Crippen molar-refractivity contribution in [2.75, 3.05) is 6.54 Å². The van der Waals surface area contributed by atoms with E-state index < -0.39 is 0 Å². The number of nitrogens with one attached hydrogen (secondary N) is 1. The number of benzene rings is 1. The summed E-state index contributed by atoms with van der Waals surface area (Å²) in [7, 11) is 0. The van der Waals surface area contributed by atoms with Gasteiger partial charge in [0.05, 0.1) is 5.02 Å². The third-order valence-corrected chi connectivity index (χ3v) is 4.27. The second-order valence-corrected chi connectivity index (χ2v) is 6.10. The average molecular weight is 270 g/mol. The zero-order valence-electron chi connectivity index (χ0n) is 11.1. The summed E-state index contributed by atoms with van der Waals surface area (Å²) in [5.74, 6) is -0.243. The van der Waals surface area contributed by atoms with Crippen LogP contribution >= 0.6 is 11.6 Å². The Kier molecular flexibility index (Phi) is 4.29. The maximum absolute atomic E-state index is 13.9. The van der Waals surface area contributed by atoms with E-state index in [1.54, 1.807) is 6.07 Å². The van der Waals surface area contributed by atoms with Crippen LogP contribution in [0.2, 0.25) is 5.02 Å². The van der Waals surface area contributed by atoms with Crippen molar-refractivity contribution in [1.82, 2.24) is 5.32 Å². The number of halogens is 2. The van der Waals surface area contributed by atoms with Crippen molar-refractivity contribution < 1.29 is 4.39 Å². The van der Waals surface area contributed by atoms with Crippen LogP contribution in [-0.2, 0) is 6.42 Å². The Morgan fingerprint density at radius 1 is 1.50 bits per heavy atom. The first-order chi connectivity index (χ1) is 8.54. The van der Waals surface area contributed by atoms with E-state index in [2.05, 4.69) is 19.2 Å². The van der Waals surface area contributed by atoms with Crippen molar-refractivity contribution >= 4 is 11.6 Å². The standard InChI is InChI=1S/C15H21ClFN/c1-3-18-12-7-8-15(2,10-12)9-11-5-4-6-13(16)14(11)17/h4-6,12,18H,3,7-10H2,1-2H3. The summed E-state index contributed by atoms with van der Waals surface area (Å²) in [4.78, 5) is 0. The molecule has 0 spiro atoms. The van der Waals surface area contributed by atoms with Gasteiger partial charge in [0.1, 0.15) is 5.82 Å². The summed E-state index contributed by atoms with van der Waals surface area (Å²) in [5, 5.41) is 3.73. The lowest BCUT2D eigenvalue weighted by atomic mass is 9.82. The summed E-state index contributed by atoms with van der Waals surface area (Å²) >= 11 is 5.84. The van der Waals surface area contributed by atoms with Gasteiger partial charge in [-0.3, -0.25) is 0 Å². The van der Waals surface area contributed by atoms with Crippen LogP contribution in [0.5, 0.6) is 0 Å². The Balaban J connectivity index is 2.07. The molecule has 0 aliphatic heterocycles. The van der Waals surface area contributed by atoms with Crippen molar-refractivity contribution in [3.8, 4) is 0 Å². The van der Waals surface area contributed by atoms with Gasteiger partial charge >= 0.3 is 0 Å². The van der Waals surface area contributed by atoms with E-state index in [1.165, 1.54) is 6.42 Å². The van der Waals surface area contributed by atoms with Crippen molar-refractivity contribution in [2.24, 2.45) is 5.41 Å². The molecule has 18 heavy (non-hydrogen) atoms. The Bertz CT molecular complexity index is 421. The third kappa shape index (κ3) is 3.04. The van der Waals surface area contributed by atoms with Gasteiger partial charge in [-0.15, -0.1) is 0 Å². The summed E-state index contributed by atoms with van der Waals surface area (Å²) < 4.78 is 13.9. The summed E-state index contributed by atoms with van der Waals surface area (Å²) in [6.07, 6.45) is 4.23. The molecule has 0 heterocycles. The molecule has 1 aliphatic rings. The largest absolute Gasteiger partial charge is 0.314 e. The van der Waals surface area contributed by atoms with E-state index in [9.17, 15) is 4.39 Å². The molecule has 0 bridgehead atoms. The van der Waals surface area contributed by atoms with Crippen LogP contribution in [0.3, 0.4) is 0 Å². The van der Waals surface area contributed by atoms with Crippen LogP contribution in [-0.4, -0.2) is 12.6 Å². The topological polar surface area (TPSA) is 12.0 Å². The van der Waals surface area contributed by atoms with Gasteiger partial charge < -0.3 is 5.32 Å². The van der Waals surface area contributed by atoms with E-state index in [4.69, 9.17) is 11.6 Å². The maximum atomic E-state index is 13.9. The molecule has 0 saturated heterocycles. The van der Waals surface area contributed by atoms with Gasteiger partial charge in [0.2, 0.25) is 0 Å². The van der Waals surface area contributed by atoms with Gasteiger partial charge in [0.15, 0.2) is 0 Å². The Morgan fingerprint density at radius 2 is 2.28 bits per heavy atom. The molecule has 3 heteroatoms. The molecule has 1 saturated carbocycles. The predicted octanol–water partition coefficient (Wildman–Crippen LogP) is 4.19. The van der Waals surface area contributed by atoms with Crippen LogP contribution in [0.1, 0.15) is 38.7 Å². The molecule has 2 atom stereocenters. The van der Waals surface area contributed by atoms with Gasteiger partial charge in [0.25, 0.3) is 0 Å². The van der Waals surface area contributed by atoms with E-state index >= 15 is 0 Å². The first-order valence-electron chi connectivity index (χ1n) is 6.70. The minimum atomic E-state index is -0.243. The fraction of sp³-hybridized carbons (Fsp3) is 0.600. The summed E-state index contributed by atoms with van der Waals surface area (Å²) in [6, 6.07) is 5.88. The molecule has 1 aromatic rings. The molecular weight excluding hydrogens is 249 g/mol. The zero-order chi connectivity index (χ0) is 13.2. The first-order valence-corrected chi connectivity index (χ1v) is 7.08. The molecule has 0 aromatic heterocycles. The quantitative estimate of drug-likeness (QED) is 0.864. The third-order valence-electron chi connectivity index (χ3n) is 3.98. The summed E-state index contributed by atoms with van der Waals surface area (Å²) in [5.41, 5.74) is 0.945. The predicted molar refractivity (Wildman–Crippen MR) is 74.5 cm³/mol. The van der Waals surface area contributed by atoms with Crippen molar-refractivity contribution in [2.45, 2.75) is 45.6 Å². The van der Waals surface area contributed by atoms with Crippen molar-refractivity contribution in [3.05, 3.63) is 34.6 Å². The highest BCUT2D eigenvalue weighted by Crippen LogP contribution is 2.41. The lowest BCUT2D eigenvalue weighted by molar-refractivity contribution is 0.318. The normalized spacial score (nSPS) is 27.7. The highest BCUT2D eigenvalue weighted by molar-refractivity contribution is 6.30. The molecule has 1 N–H and O–H groups in total. The van der Waals surface area contributed by atoms with Gasteiger partial charge in [-0.1, -0.05) is 37.6 Å². The molecule has 0 amide bonds.